The largest absolute Gasteiger partial charge is 0.486 e. The van der Waals surface area contributed by atoms with Crippen LogP contribution in [0.2, 0.25) is 0 Å². The lowest BCUT2D eigenvalue weighted by Crippen LogP contribution is -2.20. The highest BCUT2D eigenvalue weighted by Crippen LogP contribution is 2.15. The molecule has 1 rings (SSSR count). The first-order chi connectivity index (χ1) is 9.15. The van der Waals surface area contributed by atoms with E-state index < -0.39 is 0 Å². The molecule has 0 radical (unpaired) electrons. The van der Waals surface area contributed by atoms with Crippen molar-refractivity contribution in [2.75, 3.05) is 25.6 Å². The summed E-state index contributed by atoms with van der Waals surface area (Å²) in [6.07, 6.45) is 0.304. The van der Waals surface area contributed by atoms with Crippen LogP contribution in [0.25, 0.3) is 0 Å². The molecule has 1 aromatic rings. The Kier molecular flexibility index (Phi) is 6.17. The number of hydrogen-bond acceptors (Lipinski definition) is 5. The number of nitrogens with zero attached hydrogens (tertiary/aromatic N) is 1. The van der Waals surface area contributed by atoms with Crippen LogP contribution in [0.3, 0.4) is 0 Å². The van der Waals surface area contributed by atoms with Gasteiger partial charge in [0.2, 0.25) is 5.91 Å². The van der Waals surface area contributed by atoms with Crippen LogP contribution in [0.4, 0.5) is 5.69 Å². The molecular weight excluding hydrogens is 250 g/mol. The fraction of sp³-hybridized carbons (Fsp3) is 0.333. The van der Waals surface area contributed by atoms with E-state index in [2.05, 4.69) is 10.5 Å². The highest BCUT2D eigenvalue weighted by atomic mass is 16.5. The third-order valence-electron chi connectivity index (χ3n) is 2.19. The molecular formula is C12H17N3O4. The van der Waals surface area contributed by atoms with Gasteiger partial charge in [0.1, 0.15) is 12.4 Å². The number of nitrogens with two attached hydrogens (primary N) is 1. The summed E-state index contributed by atoms with van der Waals surface area (Å²) in [5.74, 6) is 0.422. The molecule has 0 saturated carbocycles. The first-order valence-corrected chi connectivity index (χ1v) is 5.63. The van der Waals surface area contributed by atoms with Crippen LogP contribution in [-0.4, -0.2) is 37.3 Å². The van der Waals surface area contributed by atoms with Crippen molar-refractivity contribution in [3.05, 3.63) is 24.3 Å². The van der Waals surface area contributed by atoms with Gasteiger partial charge in [-0.3, -0.25) is 4.79 Å². The quantitative estimate of drug-likeness (QED) is 0.293. The van der Waals surface area contributed by atoms with Gasteiger partial charge >= 0.3 is 0 Å². The third-order valence-corrected chi connectivity index (χ3v) is 2.19. The van der Waals surface area contributed by atoms with Crippen molar-refractivity contribution in [1.82, 2.24) is 0 Å². The second kappa shape index (κ2) is 7.93. The predicted molar refractivity (Wildman–Crippen MR) is 70.5 cm³/mol. The lowest BCUT2D eigenvalue weighted by molar-refractivity contribution is -0.117. The summed E-state index contributed by atoms with van der Waals surface area (Å²) in [4.78, 5) is 11.4. The molecule has 0 heterocycles. The van der Waals surface area contributed by atoms with Crippen molar-refractivity contribution >= 4 is 17.4 Å². The molecule has 0 unspecified atom stereocenters. The molecule has 0 fully saturated rings. The molecule has 0 saturated heterocycles. The summed E-state index contributed by atoms with van der Waals surface area (Å²) in [6.45, 7) is 0.378. The van der Waals surface area contributed by atoms with E-state index >= 15 is 0 Å². The lowest BCUT2D eigenvalue weighted by atomic mass is 10.3. The van der Waals surface area contributed by atoms with Gasteiger partial charge in [-0.2, -0.15) is 0 Å². The van der Waals surface area contributed by atoms with Crippen LogP contribution in [0.15, 0.2) is 29.4 Å². The maximum absolute atomic E-state index is 11.4. The Morgan fingerprint density at radius 1 is 1.42 bits per heavy atom. The normalized spacial score (nSPS) is 11.1. The first kappa shape index (κ1) is 14.8. The number of amidine groups is 1. The van der Waals surface area contributed by atoms with Gasteiger partial charge in [-0.05, 0) is 24.3 Å². The van der Waals surface area contributed by atoms with Gasteiger partial charge < -0.3 is 25.7 Å². The van der Waals surface area contributed by atoms with Crippen LogP contribution >= 0.6 is 0 Å². The maximum atomic E-state index is 11.4. The highest BCUT2D eigenvalue weighted by Gasteiger charge is 2.02. The lowest BCUT2D eigenvalue weighted by Gasteiger charge is -2.07. The molecule has 0 aliphatic carbocycles. The molecule has 0 aromatic heterocycles. The van der Waals surface area contributed by atoms with E-state index in [0.29, 0.717) is 24.5 Å². The molecule has 1 amide bonds. The SMILES string of the molecule is COCCC(=O)Nc1ccc(OCC(N)=NO)cc1. The zero-order chi connectivity index (χ0) is 14.1. The summed E-state index contributed by atoms with van der Waals surface area (Å²) in [7, 11) is 1.54. The zero-order valence-corrected chi connectivity index (χ0v) is 10.6. The molecule has 0 atom stereocenters. The van der Waals surface area contributed by atoms with E-state index in [1.54, 1.807) is 31.4 Å². The molecule has 0 spiro atoms. The van der Waals surface area contributed by atoms with Gasteiger partial charge in [-0.1, -0.05) is 5.16 Å². The van der Waals surface area contributed by atoms with Gasteiger partial charge in [0.15, 0.2) is 5.84 Å². The summed E-state index contributed by atoms with van der Waals surface area (Å²) in [5.41, 5.74) is 5.93. The van der Waals surface area contributed by atoms with Crippen molar-refractivity contribution in [3.63, 3.8) is 0 Å². The van der Waals surface area contributed by atoms with Crippen LogP contribution in [0, 0.1) is 0 Å². The van der Waals surface area contributed by atoms with Gasteiger partial charge in [0, 0.05) is 12.8 Å². The molecule has 7 heteroatoms. The molecule has 19 heavy (non-hydrogen) atoms. The van der Waals surface area contributed by atoms with Gasteiger partial charge in [-0.15, -0.1) is 0 Å². The van der Waals surface area contributed by atoms with Crippen LogP contribution in [0.1, 0.15) is 6.42 Å². The first-order valence-electron chi connectivity index (χ1n) is 5.63. The van der Waals surface area contributed by atoms with E-state index in [0.717, 1.165) is 0 Å². The number of anilines is 1. The maximum Gasteiger partial charge on any atom is 0.226 e. The molecule has 104 valence electrons. The van der Waals surface area contributed by atoms with Crippen molar-refractivity contribution in [3.8, 4) is 5.75 Å². The second-order valence-corrected chi connectivity index (χ2v) is 3.70. The summed E-state index contributed by atoms with van der Waals surface area (Å²) in [6, 6.07) is 6.76. The Morgan fingerprint density at radius 2 is 2.11 bits per heavy atom. The molecule has 0 aliphatic heterocycles. The fourth-order valence-corrected chi connectivity index (χ4v) is 1.24. The fourth-order valence-electron chi connectivity index (χ4n) is 1.24. The molecule has 7 nitrogen and oxygen atoms in total. The standard InChI is InChI=1S/C12H17N3O4/c1-18-7-6-12(16)14-9-2-4-10(5-3-9)19-8-11(13)15-17/h2-5,17H,6-8H2,1H3,(H2,13,15)(H,14,16). The Bertz CT molecular complexity index is 431. The number of ether oxygens (including phenoxy) is 2. The minimum atomic E-state index is -0.118. The smallest absolute Gasteiger partial charge is 0.226 e. The zero-order valence-electron chi connectivity index (χ0n) is 10.6. The Labute approximate surface area is 111 Å². The van der Waals surface area contributed by atoms with Crippen LogP contribution < -0.4 is 15.8 Å². The summed E-state index contributed by atoms with van der Waals surface area (Å²) in [5, 5.41) is 13.9. The number of rotatable bonds is 7. The van der Waals surface area contributed by atoms with Gasteiger partial charge in [0.05, 0.1) is 13.0 Å². The predicted octanol–water partition coefficient (Wildman–Crippen LogP) is 0.787. The monoisotopic (exact) mass is 267 g/mol. The van der Waals surface area contributed by atoms with Crippen LogP contribution in [-0.2, 0) is 9.53 Å². The van der Waals surface area contributed by atoms with E-state index in [-0.39, 0.29) is 18.3 Å². The Hall–Kier alpha value is -2.28. The van der Waals surface area contributed by atoms with Crippen molar-refractivity contribution in [2.24, 2.45) is 10.9 Å². The minimum Gasteiger partial charge on any atom is -0.486 e. The van der Waals surface area contributed by atoms with E-state index in [9.17, 15) is 4.79 Å². The topological polar surface area (TPSA) is 106 Å². The number of benzene rings is 1. The highest BCUT2D eigenvalue weighted by molar-refractivity contribution is 5.90. The number of carbonyl (C=O) groups excluding carboxylic acids is 1. The molecule has 0 aliphatic rings. The number of hydrogen-bond donors (Lipinski definition) is 3. The van der Waals surface area contributed by atoms with E-state index in [1.807, 2.05) is 0 Å². The van der Waals surface area contributed by atoms with Gasteiger partial charge in [-0.25, -0.2) is 0 Å². The molecule has 0 bridgehead atoms. The summed E-state index contributed by atoms with van der Waals surface area (Å²) >= 11 is 0. The van der Waals surface area contributed by atoms with Crippen LogP contribution in [0.5, 0.6) is 5.75 Å². The van der Waals surface area contributed by atoms with E-state index in [4.69, 9.17) is 20.4 Å². The number of amides is 1. The van der Waals surface area contributed by atoms with Crippen molar-refractivity contribution in [2.45, 2.75) is 6.42 Å². The Balaban J connectivity index is 2.45. The number of oxime groups is 1. The third kappa shape index (κ3) is 5.73. The van der Waals surface area contributed by atoms with Gasteiger partial charge in [0.25, 0.3) is 0 Å². The average Bonchev–Trinajstić information content (AvgIpc) is 2.44. The molecule has 4 N–H and O–H groups in total. The minimum absolute atomic E-state index is 0.00392. The average molecular weight is 267 g/mol. The summed E-state index contributed by atoms with van der Waals surface area (Å²) < 4.78 is 10.0. The second-order valence-electron chi connectivity index (χ2n) is 3.70. The Morgan fingerprint density at radius 3 is 2.68 bits per heavy atom. The molecule has 1 aromatic carbocycles. The van der Waals surface area contributed by atoms with E-state index in [1.165, 1.54) is 0 Å². The number of carbonyl (C=O) groups is 1. The number of methoxy groups -OCH3 is 1. The van der Waals surface area contributed by atoms with Crippen molar-refractivity contribution in [1.29, 1.82) is 0 Å². The number of nitrogens with one attached hydrogen (secondary N) is 1. The van der Waals surface area contributed by atoms with Crippen molar-refractivity contribution < 1.29 is 19.5 Å².